The molecule has 0 radical (unpaired) electrons. The normalized spacial score (nSPS) is 11.6. The molecule has 1 aromatic carbocycles. The molecule has 0 spiro atoms. The number of hydrogen-bond donors (Lipinski definition) is 1. The molecule has 1 unspecified atom stereocenters. The van der Waals surface area contributed by atoms with Crippen molar-refractivity contribution >= 4 is 5.97 Å². The first-order valence-corrected chi connectivity index (χ1v) is 5.19. The molecule has 0 aliphatic carbocycles. The zero-order chi connectivity index (χ0) is 12.8. The van der Waals surface area contributed by atoms with Gasteiger partial charge >= 0.3 is 5.97 Å². The van der Waals surface area contributed by atoms with Crippen LogP contribution in [0, 0.1) is 0 Å². The number of ether oxygens (including phenoxy) is 2. The number of rotatable bonds is 6. The Morgan fingerprint density at radius 3 is 2.24 bits per heavy atom. The zero-order valence-corrected chi connectivity index (χ0v) is 9.97. The van der Waals surface area contributed by atoms with Gasteiger partial charge in [0.2, 0.25) is 0 Å². The molecule has 0 heterocycles. The minimum absolute atomic E-state index is 0.367. The second kappa shape index (κ2) is 5.94. The van der Waals surface area contributed by atoms with Crippen LogP contribution in [0.25, 0.3) is 0 Å². The first-order chi connectivity index (χ1) is 8.12. The third-order valence-corrected chi connectivity index (χ3v) is 2.48. The molecule has 0 aliphatic rings. The van der Waals surface area contributed by atoms with Crippen molar-refractivity contribution in [2.24, 2.45) is 0 Å². The van der Waals surface area contributed by atoms with E-state index < -0.39 is 11.9 Å². The lowest BCUT2D eigenvalue weighted by atomic mass is 9.95. The summed E-state index contributed by atoms with van der Waals surface area (Å²) in [5.74, 6) is -0.360. The van der Waals surface area contributed by atoms with Gasteiger partial charge in [0.15, 0.2) is 0 Å². The van der Waals surface area contributed by atoms with Crippen LogP contribution < -0.4 is 9.47 Å². The second-order valence-corrected chi connectivity index (χ2v) is 3.56. The van der Waals surface area contributed by atoms with E-state index in [-0.39, 0.29) is 0 Å². The first kappa shape index (κ1) is 13.1. The van der Waals surface area contributed by atoms with E-state index in [1.165, 1.54) is 14.2 Å². The molecule has 1 rings (SSSR count). The highest BCUT2D eigenvalue weighted by atomic mass is 16.5. The summed E-state index contributed by atoms with van der Waals surface area (Å²) in [6.45, 7) is 3.57. The van der Waals surface area contributed by atoms with E-state index in [1.807, 2.05) is 0 Å². The van der Waals surface area contributed by atoms with Crippen LogP contribution in [-0.2, 0) is 4.79 Å². The molecule has 1 atom stereocenters. The van der Waals surface area contributed by atoms with Gasteiger partial charge in [-0.1, -0.05) is 6.08 Å². The van der Waals surface area contributed by atoms with Crippen molar-refractivity contribution in [3.05, 3.63) is 36.4 Å². The van der Waals surface area contributed by atoms with E-state index in [2.05, 4.69) is 6.58 Å². The van der Waals surface area contributed by atoms with Gasteiger partial charge in [-0.25, -0.2) is 0 Å². The number of methoxy groups -OCH3 is 2. The molecule has 0 saturated heterocycles. The van der Waals surface area contributed by atoms with E-state index in [9.17, 15) is 4.79 Å². The average Bonchev–Trinajstić information content (AvgIpc) is 2.34. The first-order valence-electron chi connectivity index (χ1n) is 5.19. The summed E-state index contributed by atoms with van der Waals surface area (Å²) in [6.07, 6.45) is 1.95. The number of hydrogen-bond acceptors (Lipinski definition) is 3. The lowest BCUT2D eigenvalue weighted by molar-refractivity contribution is -0.138. The maximum Gasteiger partial charge on any atom is 0.311 e. The monoisotopic (exact) mass is 236 g/mol. The fraction of sp³-hybridized carbons (Fsp3) is 0.308. The molecule has 4 heteroatoms. The molecule has 0 aliphatic heterocycles. The van der Waals surface area contributed by atoms with E-state index in [0.29, 0.717) is 23.5 Å². The Labute approximate surface area is 100 Å². The Morgan fingerprint density at radius 1 is 1.35 bits per heavy atom. The zero-order valence-electron chi connectivity index (χ0n) is 9.97. The van der Waals surface area contributed by atoms with Crippen LogP contribution in [0.5, 0.6) is 11.5 Å². The molecule has 1 N–H and O–H groups in total. The van der Waals surface area contributed by atoms with Crippen molar-refractivity contribution in [3.63, 3.8) is 0 Å². The summed E-state index contributed by atoms with van der Waals surface area (Å²) in [7, 11) is 3.06. The van der Waals surface area contributed by atoms with Gasteiger partial charge in [0.05, 0.1) is 20.1 Å². The Morgan fingerprint density at radius 2 is 1.88 bits per heavy atom. The lowest BCUT2D eigenvalue weighted by Gasteiger charge is -2.13. The Hall–Kier alpha value is -1.97. The predicted molar refractivity (Wildman–Crippen MR) is 64.7 cm³/mol. The van der Waals surface area contributed by atoms with Crippen LogP contribution in [0.15, 0.2) is 30.9 Å². The standard InChI is InChI=1S/C13H16O4/c1-4-5-12(13(14)15)9-6-10(16-2)8-11(7-9)17-3/h4,6-8,12H,1,5H2,2-3H3,(H,14,15). The number of carboxylic acids is 1. The van der Waals surface area contributed by atoms with Gasteiger partial charge < -0.3 is 14.6 Å². The summed E-state index contributed by atoms with van der Waals surface area (Å²) in [5, 5.41) is 9.16. The van der Waals surface area contributed by atoms with Gasteiger partial charge in [0, 0.05) is 6.07 Å². The fourth-order valence-electron chi connectivity index (χ4n) is 1.58. The van der Waals surface area contributed by atoms with Crippen molar-refractivity contribution < 1.29 is 19.4 Å². The summed E-state index contributed by atoms with van der Waals surface area (Å²) >= 11 is 0. The molecule has 92 valence electrons. The minimum atomic E-state index is -0.889. The highest BCUT2D eigenvalue weighted by Gasteiger charge is 2.19. The van der Waals surface area contributed by atoms with Crippen LogP contribution in [-0.4, -0.2) is 25.3 Å². The largest absolute Gasteiger partial charge is 0.497 e. The molecule has 0 saturated carbocycles. The molecule has 0 bridgehead atoms. The number of carbonyl (C=O) groups is 1. The second-order valence-electron chi connectivity index (χ2n) is 3.56. The molecule has 0 amide bonds. The van der Waals surface area contributed by atoms with E-state index in [1.54, 1.807) is 24.3 Å². The molecular weight excluding hydrogens is 220 g/mol. The topological polar surface area (TPSA) is 55.8 Å². The molecule has 0 aromatic heterocycles. The van der Waals surface area contributed by atoms with Gasteiger partial charge in [-0.05, 0) is 24.1 Å². The van der Waals surface area contributed by atoms with Crippen molar-refractivity contribution in [2.75, 3.05) is 14.2 Å². The van der Waals surface area contributed by atoms with Crippen LogP contribution in [0.2, 0.25) is 0 Å². The molecule has 4 nitrogen and oxygen atoms in total. The SMILES string of the molecule is C=CCC(C(=O)O)c1cc(OC)cc(OC)c1. The maximum absolute atomic E-state index is 11.2. The third-order valence-electron chi connectivity index (χ3n) is 2.48. The summed E-state index contributed by atoms with van der Waals surface area (Å²) < 4.78 is 10.2. The lowest BCUT2D eigenvalue weighted by Crippen LogP contribution is -2.11. The van der Waals surface area contributed by atoms with E-state index in [0.717, 1.165) is 0 Å². The molecular formula is C13H16O4. The van der Waals surface area contributed by atoms with Crippen LogP contribution >= 0.6 is 0 Å². The molecule has 17 heavy (non-hydrogen) atoms. The van der Waals surface area contributed by atoms with Crippen molar-refractivity contribution in [2.45, 2.75) is 12.3 Å². The number of carboxylic acid groups (broad SMARTS) is 1. The predicted octanol–water partition coefficient (Wildman–Crippen LogP) is 2.45. The molecule has 1 aromatic rings. The highest BCUT2D eigenvalue weighted by molar-refractivity contribution is 5.76. The molecule has 0 fully saturated rings. The summed E-state index contributed by atoms with van der Waals surface area (Å²) in [5.41, 5.74) is 0.647. The van der Waals surface area contributed by atoms with Crippen LogP contribution in [0.1, 0.15) is 17.9 Å². The maximum atomic E-state index is 11.2. The Kier molecular flexibility index (Phi) is 4.57. The van der Waals surface area contributed by atoms with Gasteiger partial charge in [-0.2, -0.15) is 0 Å². The van der Waals surface area contributed by atoms with Crippen molar-refractivity contribution in [1.29, 1.82) is 0 Å². The highest BCUT2D eigenvalue weighted by Crippen LogP contribution is 2.29. The van der Waals surface area contributed by atoms with Crippen LogP contribution in [0.4, 0.5) is 0 Å². The van der Waals surface area contributed by atoms with Crippen molar-refractivity contribution in [1.82, 2.24) is 0 Å². The number of aliphatic carboxylic acids is 1. The Bertz CT molecular complexity index is 390. The number of allylic oxidation sites excluding steroid dienone is 1. The average molecular weight is 236 g/mol. The van der Waals surface area contributed by atoms with Gasteiger partial charge in [0.1, 0.15) is 11.5 Å². The minimum Gasteiger partial charge on any atom is -0.497 e. The smallest absolute Gasteiger partial charge is 0.311 e. The fourth-order valence-corrected chi connectivity index (χ4v) is 1.58. The summed E-state index contributed by atoms with van der Waals surface area (Å²) in [6, 6.07) is 5.10. The van der Waals surface area contributed by atoms with Gasteiger partial charge in [-0.3, -0.25) is 4.79 Å². The summed E-state index contributed by atoms with van der Waals surface area (Å²) in [4.78, 5) is 11.2. The Balaban J connectivity index is 3.16. The van der Waals surface area contributed by atoms with E-state index >= 15 is 0 Å². The van der Waals surface area contributed by atoms with Gasteiger partial charge in [0.25, 0.3) is 0 Å². The van der Waals surface area contributed by atoms with Gasteiger partial charge in [-0.15, -0.1) is 6.58 Å². The number of benzene rings is 1. The van der Waals surface area contributed by atoms with Crippen molar-refractivity contribution in [3.8, 4) is 11.5 Å². The third kappa shape index (κ3) is 3.24. The van der Waals surface area contributed by atoms with Crippen LogP contribution in [0.3, 0.4) is 0 Å². The van der Waals surface area contributed by atoms with E-state index in [4.69, 9.17) is 14.6 Å². The quantitative estimate of drug-likeness (QED) is 0.771.